The van der Waals surface area contributed by atoms with Crippen molar-refractivity contribution in [2.75, 3.05) is 13.2 Å². The number of ketones is 4. The third kappa shape index (κ3) is 25.7. The first-order valence-electron chi connectivity index (χ1n) is 10.6. The Morgan fingerprint density at radius 1 is 0.469 bits per heavy atom. The average molecular weight is 461 g/mol. The summed E-state index contributed by atoms with van der Waals surface area (Å²) in [6.07, 6.45) is 3.88. The van der Waals surface area contributed by atoms with E-state index in [2.05, 4.69) is 4.74 Å². The van der Waals surface area contributed by atoms with E-state index < -0.39 is 5.97 Å². The molecule has 0 fully saturated rings. The van der Waals surface area contributed by atoms with E-state index in [9.17, 15) is 28.8 Å². The van der Waals surface area contributed by atoms with E-state index in [-0.39, 0.29) is 70.0 Å². The van der Waals surface area contributed by atoms with Gasteiger partial charge in [-0.15, -0.1) is 0 Å². The molecule has 0 saturated carbocycles. The number of hydrogen-bond acceptors (Lipinski definition) is 8. The molecule has 0 aliphatic rings. The second-order valence-electron chi connectivity index (χ2n) is 6.60. The summed E-state index contributed by atoms with van der Waals surface area (Å²) in [5.74, 6) is -0.729. The Bertz CT molecular complexity index is 516. The fraction of sp³-hybridized carbons (Fsp3) is 0.750. The molecule has 32 heavy (non-hydrogen) atoms. The Morgan fingerprint density at radius 2 is 0.844 bits per heavy atom. The van der Waals surface area contributed by atoms with E-state index in [0.29, 0.717) is 51.4 Å². The zero-order valence-corrected chi connectivity index (χ0v) is 18.8. The van der Waals surface area contributed by atoms with Crippen LogP contribution >= 0.6 is 0 Å². The van der Waals surface area contributed by atoms with Crippen molar-refractivity contribution in [3.05, 3.63) is 0 Å². The van der Waals surface area contributed by atoms with Gasteiger partial charge in [-0.05, 0) is 12.8 Å². The van der Waals surface area contributed by atoms with E-state index in [4.69, 9.17) is 4.74 Å². The van der Waals surface area contributed by atoms with E-state index in [0.717, 1.165) is 0 Å². The second kappa shape index (κ2) is 24.9. The van der Waals surface area contributed by atoms with Crippen LogP contribution in [0.5, 0.6) is 0 Å². The molecule has 8 heteroatoms. The molecule has 0 aliphatic heterocycles. The van der Waals surface area contributed by atoms with Crippen molar-refractivity contribution in [3.63, 3.8) is 0 Å². The van der Waals surface area contributed by atoms with Crippen molar-refractivity contribution in [3.8, 4) is 0 Å². The van der Waals surface area contributed by atoms with Crippen LogP contribution in [-0.4, -0.2) is 48.3 Å². The number of carbonyl (C=O) groups is 6. The number of hydrogen-bond donors (Lipinski definition) is 0. The van der Waals surface area contributed by atoms with Gasteiger partial charge < -0.3 is 9.47 Å². The third-order valence-corrected chi connectivity index (χ3v) is 4.01. The van der Waals surface area contributed by atoms with Gasteiger partial charge in [0.15, 0.2) is 11.6 Å². The molecule has 0 radical (unpaired) electrons. The Hall–Kier alpha value is -2.38. The highest BCUT2D eigenvalue weighted by atomic mass is 16.5. The van der Waals surface area contributed by atoms with Gasteiger partial charge in [-0.1, -0.05) is 42.5 Å². The molecule has 0 atom stereocenters. The van der Waals surface area contributed by atoms with Gasteiger partial charge in [0, 0.05) is 51.4 Å². The van der Waals surface area contributed by atoms with Crippen LogP contribution < -0.4 is 0 Å². The highest BCUT2D eigenvalue weighted by Crippen LogP contribution is 2.03. The molecule has 0 N–H and O–H groups in total. The van der Waals surface area contributed by atoms with Crippen LogP contribution in [0, 0.1) is 0 Å². The summed E-state index contributed by atoms with van der Waals surface area (Å²) in [4.78, 5) is 65.8. The minimum Gasteiger partial charge on any atom is -0.458 e. The van der Waals surface area contributed by atoms with Crippen LogP contribution in [-0.2, 0) is 38.2 Å². The van der Waals surface area contributed by atoms with Gasteiger partial charge in [-0.25, -0.2) is 0 Å². The minimum atomic E-state index is -0.452. The molecule has 0 bridgehead atoms. The lowest BCUT2D eigenvalue weighted by Gasteiger charge is -2.04. The van der Waals surface area contributed by atoms with Crippen LogP contribution in [0.2, 0.25) is 0 Å². The summed E-state index contributed by atoms with van der Waals surface area (Å²) in [6, 6.07) is 0. The maximum Gasteiger partial charge on any atom is 0.306 e. The molecule has 0 saturated heterocycles. The van der Waals surface area contributed by atoms with E-state index in [1.165, 1.54) is 0 Å². The summed E-state index contributed by atoms with van der Waals surface area (Å²) in [5, 5.41) is 0. The Kier molecular flexibility index (Phi) is 28.7. The number of ether oxygens (including phenoxy) is 2. The number of esters is 2. The van der Waals surface area contributed by atoms with E-state index in [1.54, 1.807) is 27.7 Å². The summed E-state index contributed by atoms with van der Waals surface area (Å²) < 4.78 is 9.37. The predicted octanol–water partition coefficient (Wildman–Crippen LogP) is 4.59. The first kappa shape index (κ1) is 37.0. The summed E-state index contributed by atoms with van der Waals surface area (Å²) in [6.45, 7) is 6.70. The van der Waals surface area contributed by atoms with Crippen molar-refractivity contribution < 1.29 is 38.2 Å². The fourth-order valence-corrected chi connectivity index (χ4v) is 1.94. The van der Waals surface area contributed by atoms with Crippen molar-refractivity contribution in [1.29, 1.82) is 0 Å². The third-order valence-electron chi connectivity index (χ3n) is 4.01. The SMILES string of the molecule is C.C.CCC(=O)CCCC(=O)COC(=O)CCCC(=O)CC.CCC(=O)COC(=O)CC. The molecule has 0 rings (SSSR count). The number of rotatable bonds is 16. The molecule has 0 heterocycles. The molecule has 0 aromatic heterocycles. The van der Waals surface area contributed by atoms with E-state index in [1.807, 2.05) is 0 Å². The molecule has 0 aliphatic carbocycles. The van der Waals surface area contributed by atoms with Gasteiger partial charge >= 0.3 is 11.9 Å². The highest BCUT2D eigenvalue weighted by Gasteiger charge is 2.09. The monoisotopic (exact) mass is 460 g/mol. The van der Waals surface area contributed by atoms with Crippen LogP contribution in [0.4, 0.5) is 0 Å². The summed E-state index contributed by atoms with van der Waals surface area (Å²) in [7, 11) is 0. The molecule has 0 unspecified atom stereocenters. The van der Waals surface area contributed by atoms with Gasteiger partial charge in [-0.2, -0.15) is 0 Å². The molecule has 0 amide bonds. The lowest BCUT2D eigenvalue weighted by Crippen LogP contribution is -2.14. The molecular formula is C24H44O8. The zero-order chi connectivity index (χ0) is 23.4. The van der Waals surface area contributed by atoms with E-state index >= 15 is 0 Å². The lowest BCUT2D eigenvalue weighted by atomic mass is 10.1. The number of carbonyl (C=O) groups excluding carboxylic acids is 6. The van der Waals surface area contributed by atoms with Gasteiger partial charge in [0.25, 0.3) is 0 Å². The van der Waals surface area contributed by atoms with Crippen LogP contribution in [0.15, 0.2) is 0 Å². The first-order valence-corrected chi connectivity index (χ1v) is 10.6. The van der Waals surface area contributed by atoms with Crippen molar-refractivity contribution in [2.24, 2.45) is 0 Å². The predicted molar refractivity (Wildman–Crippen MR) is 124 cm³/mol. The van der Waals surface area contributed by atoms with Crippen molar-refractivity contribution >= 4 is 35.1 Å². The first-order chi connectivity index (χ1) is 14.2. The smallest absolute Gasteiger partial charge is 0.306 e. The van der Waals surface area contributed by atoms with Crippen molar-refractivity contribution in [2.45, 2.75) is 107 Å². The van der Waals surface area contributed by atoms with Gasteiger partial charge in [0.1, 0.15) is 24.8 Å². The molecular weight excluding hydrogens is 416 g/mol. The normalized spacial score (nSPS) is 9.12. The van der Waals surface area contributed by atoms with Crippen molar-refractivity contribution in [1.82, 2.24) is 0 Å². The van der Waals surface area contributed by atoms with Gasteiger partial charge in [-0.3, -0.25) is 28.8 Å². The number of Topliss-reactive ketones (excluding diaryl/α,β-unsaturated/α-hetero) is 4. The molecule has 0 aromatic rings. The zero-order valence-electron chi connectivity index (χ0n) is 18.8. The Balaban J connectivity index is -0.000000279. The second-order valence-corrected chi connectivity index (χ2v) is 6.60. The van der Waals surface area contributed by atoms with Gasteiger partial charge in [0.05, 0.1) is 0 Å². The standard InChI is InChI=1S/C15H24O5.C7H12O3.2CH4/c1-3-12(16)7-5-9-14(18)11-20-15(19)10-6-8-13(17)4-2;1-3-6(8)5-10-7(9)4-2;;/h3-11H2,1-2H3;3-5H2,1-2H3;2*1H4. The van der Waals surface area contributed by atoms with Crippen LogP contribution in [0.25, 0.3) is 0 Å². The maximum absolute atomic E-state index is 11.4. The lowest BCUT2D eigenvalue weighted by molar-refractivity contribution is -0.148. The quantitative estimate of drug-likeness (QED) is 0.307. The Morgan fingerprint density at radius 3 is 1.28 bits per heavy atom. The molecule has 188 valence electrons. The minimum absolute atomic E-state index is 0. The summed E-state index contributed by atoms with van der Waals surface area (Å²) >= 11 is 0. The largest absolute Gasteiger partial charge is 0.458 e. The highest BCUT2D eigenvalue weighted by molar-refractivity contribution is 5.84. The average Bonchev–Trinajstić information content (AvgIpc) is 2.75. The Labute approximate surface area is 193 Å². The molecule has 0 aromatic carbocycles. The topological polar surface area (TPSA) is 121 Å². The molecule has 0 spiro atoms. The fourth-order valence-electron chi connectivity index (χ4n) is 1.94. The molecule has 8 nitrogen and oxygen atoms in total. The van der Waals surface area contributed by atoms with Crippen LogP contribution in [0.1, 0.15) is 107 Å². The summed E-state index contributed by atoms with van der Waals surface area (Å²) in [5.41, 5.74) is 0. The van der Waals surface area contributed by atoms with Crippen LogP contribution in [0.3, 0.4) is 0 Å². The van der Waals surface area contributed by atoms with Gasteiger partial charge in [0.2, 0.25) is 0 Å². The maximum atomic E-state index is 11.4.